The zero-order chi connectivity index (χ0) is 12.3. The molecule has 96 valence electrons. The lowest BCUT2D eigenvalue weighted by molar-refractivity contribution is -0.200. The van der Waals surface area contributed by atoms with Crippen LogP contribution >= 0.6 is 0 Å². The predicted molar refractivity (Wildman–Crippen MR) is 60.0 cm³/mol. The second-order valence-corrected chi connectivity index (χ2v) is 4.68. The Kier molecular flexibility index (Phi) is 4.70. The molecule has 0 amide bonds. The first-order chi connectivity index (χ1) is 7.48. The van der Waals surface area contributed by atoms with Crippen molar-refractivity contribution in [2.75, 3.05) is 20.3 Å². The second-order valence-electron chi connectivity index (χ2n) is 4.68. The van der Waals surface area contributed by atoms with Crippen molar-refractivity contribution in [2.45, 2.75) is 44.1 Å². The smallest absolute Gasteiger partial charge is 0.101 e. The molecule has 0 aromatic carbocycles. The fourth-order valence-electron chi connectivity index (χ4n) is 2.35. The van der Waals surface area contributed by atoms with E-state index in [4.69, 9.17) is 15.2 Å². The Hall–Kier alpha value is -0.200. The highest BCUT2D eigenvalue weighted by atomic mass is 16.5. The quantitative estimate of drug-likeness (QED) is 0.609. The number of aliphatic hydroxyl groups excluding tert-OH is 2. The van der Waals surface area contributed by atoms with E-state index in [0.29, 0.717) is 6.61 Å². The van der Waals surface area contributed by atoms with Gasteiger partial charge in [0.2, 0.25) is 0 Å². The van der Waals surface area contributed by atoms with E-state index >= 15 is 0 Å². The van der Waals surface area contributed by atoms with Gasteiger partial charge < -0.3 is 25.4 Å². The minimum atomic E-state index is -0.845. The van der Waals surface area contributed by atoms with Gasteiger partial charge in [-0.15, -0.1) is 0 Å². The molecule has 16 heavy (non-hydrogen) atoms. The largest absolute Gasteiger partial charge is 0.394 e. The van der Waals surface area contributed by atoms with Gasteiger partial charge in [0.15, 0.2) is 0 Å². The Morgan fingerprint density at radius 1 is 1.50 bits per heavy atom. The van der Waals surface area contributed by atoms with Gasteiger partial charge in [0.05, 0.1) is 31.0 Å². The second kappa shape index (κ2) is 5.42. The van der Waals surface area contributed by atoms with Gasteiger partial charge in [0.25, 0.3) is 0 Å². The minimum Gasteiger partial charge on any atom is -0.394 e. The summed E-state index contributed by atoms with van der Waals surface area (Å²) in [5.41, 5.74) is 5.25. The first-order valence-corrected chi connectivity index (χ1v) is 5.71. The molecular weight excluding hydrogens is 210 g/mol. The Labute approximate surface area is 96.5 Å². The van der Waals surface area contributed by atoms with Crippen LogP contribution in [0.2, 0.25) is 0 Å². The number of aliphatic hydroxyl groups is 2. The van der Waals surface area contributed by atoms with Crippen LogP contribution in [0.5, 0.6) is 0 Å². The molecule has 0 radical (unpaired) electrons. The fourth-order valence-corrected chi connectivity index (χ4v) is 2.35. The molecule has 5 atom stereocenters. The van der Waals surface area contributed by atoms with E-state index in [2.05, 4.69) is 0 Å². The van der Waals surface area contributed by atoms with Crippen molar-refractivity contribution in [3.05, 3.63) is 0 Å². The summed E-state index contributed by atoms with van der Waals surface area (Å²) in [7, 11) is 1.56. The standard InChI is InChI=1S/C11H23NO4/c1-4-7-8(5-13)16-9(6-15-3)11(2,12)10(7)14/h7-10,13-14H,4-6,12H2,1-3H3. The summed E-state index contributed by atoms with van der Waals surface area (Å²) in [4.78, 5) is 0. The van der Waals surface area contributed by atoms with Crippen molar-refractivity contribution >= 4 is 0 Å². The van der Waals surface area contributed by atoms with Gasteiger partial charge in [0, 0.05) is 13.0 Å². The number of nitrogens with two attached hydrogens (primary N) is 1. The van der Waals surface area contributed by atoms with Crippen molar-refractivity contribution in [3.63, 3.8) is 0 Å². The van der Waals surface area contributed by atoms with E-state index in [-0.39, 0.29) is 18.6 Å². The summed E-state index contributed by atoms with van der Waals surface area (Å²) in [6.45, 7) is 3.92. The number of hydrogen-bond acceptors (Lipinski definition) is 5. The summed E-state index contributed by atoms with van der Waals surface area (Å²) >= 11 is 0. The highest BCUT2D eigenvalue weighted by Gasteiger charge is 2.49. The van der Waals surface area contributed by atoms with Crippen LogP contribution in [-0.4, -0.2) is 54.4 Å². The summed E-state index contributed by atoms with van der Waals surface area (Å²) in [6, 6.07) is 0. The predicted octanol–water partition coefficient (Wildman–Crippen LogP) is -0.503. The SMILES string of the molecule is CCC1C(CO)OC(COC)C(C)(N)C1O. The molecule has 0 bridgehead atoms. The topological polar surface area (TPSA) is 84.9 Å². The van der Waals surface area contributed by atoms with Crippen molar-refractivity contribution in [1.29, 1.82) is 0 Å². The molecule has 1 rings (SSSR count). The molecule has 5 unspecified atom stereocenters. The van der Waals surface area contributed by atoms with Gasteiger partial charge in [-0.2, -0.15) is 0 Å². The van der Waals surface area contributed by atoms with Gasteiger partial charge in [-0.3, -0.25) is 0 Å². The molecular formula is C11H23NO4. The van der Waals surface area contributed by atoms with Crippen LogP contribution in [0.4, 0.5) is 0 Å². The molecule has 1 heterocycles. The van der Waals surface area contributed by atoms with E-state index < -0.39 is 17.7 Å². The van der Waals surface area contributed by atoms with Crippen LogP contribution < -0.4 is 5.73 Å². The van der Waals surface area contributed by atoms with Gasteiger partial charge >= 0.3 is 0 Å². The molecule has 1 fully saturated rings. The summed E-state index contributed by atoms with van der Waals surface area (Å²) in [5, 5.41) is 19.5. The lowest BCUT2D eigenvalue weighted by atomic mass is 9.75. The van der Waals surface area contributed by atoms with Gasteiger partial charge in [-0.1, -0.05) is 6.92 Å². The Morgan fingerprint density at radius 2 is 2.12 bits per heavy atom. The number of hydrogen-bond donors (Lipinski definition) is 3. The molecule has 1 aliphatic rings. The van der Waals surface area contributed by atoms with Crippen LogP contribution in [-0.2, 0) is 9.47 Å². The highest BCUT2D eigenvalue weighted by Crippen LogP contribution is 2.33. The van der Waals surface area contributed by atoms with E-state index in [0.717, 1.165) is 6.42 Å². The summed E-state index contributed by atoms with van der Waals surface area (Å²) in [5.74, 6) is -0.131. The molecule has 5 nitrogen and oxygen atoms in total. The van der Waals surface area contributed by atoms with Crippen molar-refractivity contribution in [2.24, 2.45) is 11.7 Å². The van der Waals surface area contributed by atoms with Crippen LogP contribution in [0.25, 0.3) is 0 Å². The molecule has 1 saturated heterocycles. The molecule has 0 saturated carbocycles. The maximum atomic E-state index is 10.2. The number of rotatable bonds is 4. The highest BCUT2D eigenvalue weighted by molar-refractivity contribution is 5.03. The first-order valence-electron chi connectivity index (χ1n) is 5.71. The third kappa shape index (κ3) is 2.38. The average molecular weight is 233 g/mol. The zero-order valence-corrected chi connectivity index (χ0v) is 10.2. The maximum Gasteiger partial charge on any atom is 0.101 e. The average Bonchev–Trinajstić information content (AvgIpc) is 2.25. The van der Waals surface area contributed by atoms with E-state index in [1.807, 2.05) is 6.92 Å². The molecule has 1 aliphatic heterocycles. The third-order valence-electron chi connectivity index (χ3n) is 3.52. The number of ether oxygens (including phenoxy) is 2. The van der Waals surface area contributed by atoms with Crippen molar-refractivity contribution in [1.82, 2.24) is 0 Å². The fraction of sp³-hybridized carbons (Fsp3) is 1.00. The van der Waals surface area contributed by atoms with Crippen molar-refractivity contribution in [3.8, 4) is 0 Å². The van der Waals surface area contributed by atoms with Crippen LogP contribution in [0.1, 0.15) is 20.3 Å². The van der Waals surface area contributed by atoms with E-state index in [9.17, 15) is 10.2 Å². The van der Waals surface area contributed by atoms with Crippen LogP contribution in [0.15, 0.2) is 0 Å². The first kappa shape index (κ1) is 13.9. The van der Waals surface area contributed by atoms with Gasteiger partial charge in [0.1, 0.15) is 6.10 Å². The molecule has 0 spiro atoms. The maximum absolute atomic E-state index is 10.2. The normalized spacial score (nSPS) is 44.6. The Morgan fingerprint density at radius 3 is 2.56 bits per heavy atom. The monoisotopic (exact) mass is 233 g/mol. The number of methoxy groups -OCH3 is 1. The summed E-state index contributed by atoms with van der Waals surface area (Å²) < 4.78 is 10.7. The minimum absolute atomic E-state index is 0.105. The molecule has 0 aliphatic carbocycles. The lowest BCUT2D eigenvalue weighted by Gasteiger charge is -2.49. The zero-order valence-electron chi connectivity index (χ0n) is 10.2. The Balaban J connectivity index is 2.85. The molecule has 5 heteroatoms. The summed E-state index contributed by atoms with van der Waals surface area (Å²) in [6.07, 6.45) is -0.730. The molecule has 0 aromatic heterocycles. The third-order valence-corrected chi connectivity index (χ3v) is 3.52. The molecule has 0 aromatic rings. The Bertz CT molecular complexity index is 218. The van der Waals surface area contributed by atoms with Crippen LogP contribution in [0.3, 0.4) is 0 Å². The van der Waals surface area contributed by atoms with E-state index in [1.54, 1.807) is 14.0 Å². The van der Waals surface area contributed by atoms with Crippen molar-refractivity contribution < 1.29 is 19.7 Å². The molecule has 4 N–H and O–H groups in total. The van der Waals surface area contributed by atoms with Gasteiger partial charge in [-0.25, -0.2) is 0 Å². The van der Waals surface area contributed by atoms with E-state index in [1.165, 1.54) is 0 Å². The van der Waals surface area contributed by atoms with Gasteiger partial charge in [-0.05, 0) is 13.3 Å². The van der Waals surface area contributed by atoms with Crippen LogP contribution in [0, 0.1) is 5.92 Å². The lowest BCUT2D eigenvalue weighted by Crippen LogP contribution is -2.68.